The van der Waals surface area contributed by atoms with Crippen molar-refractivity contribution in [3.05, 3.63) is 30.3 Å². The first-order valence-corrected chi connectivity index (χ1v) is 6.95. The van der Waals surface area contributed by atoms with Gasteiger partial charge in [0.25, 0.3) is 0 Å². The molecule has 0 aliphatic carbocycles. The fourth-order valence-electron chi connectivity index (χ4n) is 1.54. The molecular formula is C14H19BO2S. The lowest BCUT2D eigenvalue weighted by molar-refractivity contribution is -0.0892. The van der Waals surface area contributed by atoms with Gasteiger partial charge in [0.15, 0.2) is 0 Å². The molecule has 0 atom stereocenters. The van der Waals surface area contributed by atoms with Crippen molar-refractivity contribution in [1.82, 2.24) is 0 Å². The number of thiophene rings is 1. The molecule has 0 saturated heterocycles. The normalized spacial score (nSPS) is 12.9. The highest BCUT2D eigenvalue weighted by Gasteiger charge is 2.35. The molecule has 0 saturated carbocycles. The van der Waals surface area contributed by atoms with Crippen molar-refractivity contribution in [3.63, 3.8) is 0 Å². The molecule has 0 amide bonds. The molecule has 2 nitrogen and oxygen atoms in total. The SMILES string of the molecule is CC(C)(O)C(C)(C)OBc1cc2ccccc2s1. The van der Waals surface area contributed by atoms with Crippen molar-refractivity contribution in [2.45, 2.75) is 38.9 Å². The minimum absolute atomic E-state index is 0.538. The minimum Gasteiger partial charge on any atom is -0.426 e. The van der Waals surface area contributed by atoms with E-state index in [0.29, 0.717) is 7.48 Å². The molecule has 0 bridgehead atoms. The van der Waals surface area contributed by atoms with E-state index in [-0.39, 0.29) is 0 Å². The van der Waals surface area contributed by atoms with Crippen LogP contribution in [0.4, 0.5) is 0 Å². The number of fused-ring (bicyclic) bond motifs is 1. The van der Waals surface area contributed by atoms with Gasteiger partial charge in [-0.2, -0.15) is 0 Å². The Bertz CT molecular complexity index is 507. The van der Waals surface area contributed by atoms with Gasteiger partial charge in [-0.1, -0.05) is 18.2 Å². The van der Waals surface area contributed by atoms with E-state index in [1.54, 1.807) is 25.2 Å². The van der Waals surface area contributed by atoms with Gasteiger partial charge < -0.3 is 9.76 Å². The zero-order valence-electron chi connectivity index (χ0n) is 11.4. The number of hydrogen-bond donors (Lipinski definition) is 1. The van der Waals surface area contributed by atoms with Crippen LogP contribution in [0.5, 0.6) is 0 Å². The molecule has 2 rings (SSSR count). The molecular weight excluding hydrogens is 243 g/mol. The van der Waals surface area contributed by atoms with Crippen LogP contribution in [0.25, 0.3) is 10.1 Å². The van der Waals surface area contributed by atoms with Gasteiger partial charge in [0.05, 0.1) is 11.2 Å². The topological polar surface area (TPSA) is 29.5 Å². The van der Waals surface area contributed by atoms with E-state index in [1.807, 2.05) is 26.0 Å². The average Bonchev–Trinajstić information content (AvgIpc) is 2.67. The first-order chi connectivity index (χ1) is 8.29. The first-order valence-electron chi connectivity index (χ1n) is 6.13. The maximum absolute atomic E-state index is 10.0. The van der Waals surface area contributed by atoms with Crippen LogP contribution in [0, 0.1) is 0 Å². The molecule has 1 N–H and O–H groups in total. The summed E-state index contributed by atoms with van der Waals surface area (Å²) >= 11 is 1.74. The summed E-state index contributed by atoms with van der Waals surface area (Å²) in [6.45, 7) is 7.39. The molecule has 0 unspecified atom stereocenters. The highest BCUT2D eigenvalue weighted by Crippen LogP contribution is 2.25. The van der Waals surface area contributed by atoms with Gasteiger partial charge in [-0.25, -0.2) is 0 Å². The minimum atomic E-state index is -0.857. The molecule has 0 spiro atoms. The Labute approximate surface area is 113 Å². The molecule has 0 aliphatic heterocycles. The third-order valence-electron chi connectivity index (χ3n) is 3.53. The summed E-state index contributed by atoms with van der Waals surface area (Å²) in [7, 11) is 0.538. The summed E-state index contributed by atoms with van der Waals surface area (Å²) in [5, 5.41) is 11.3. The van der Waals surface area contributed by atoms with Crippen LogP contribution in [0.3, 0.4) is 0 Å². The molecule has 0 aliphatic rings. The van der Waals surface area contributed by atoms with Crippen LogP contribution in [0.1, 0.15) is 27.7 Å². The van der Waals surface area contributed by atoms with Crippen molar-refractivity contribution in [2.24, 2.45) is 0 Å². The van der Waals surface area contributed by atoms with Crippen LogP contribution in [-0.4, -0.2) is 23.8 Å². The molecule has 0 fully saturated rings. The van der Waals surface area contributed by atoms with Crippen molar-refractivity contribution >= 4 is 33.7 Å². The average molecular weight is 262 g/mol. The highest BCUT2D eigenvalue weighted by atomic mass is 32.1. The highest BCUT2D eigenvalue weighted by molar-refractivity contribution is 7.27. The fraction of sp³-hybridized carbons (Fsp3) is 0.429. The first kappa shape index (κ1) is 13.6. The third kappa shape index (κ3) is 2.77. The van der Waals surface area contributed by atoms with Crippen LogP contribution in [-0.2, 0) is 4.65 Å². The van der Waals surface area contributed by atoms with Gasteiger partial charge >= 0.3 is 7.48 Å². The van der Waals surface area contributed by atoms with E-state index in [4.69, 9.17) is 4.65 Å². The van der Waals surface area contributed by atoms with E-state index >= 15 is 0 Å². The summed E-state index contributed by atoms with van der Waals surface area (Å²) in [6, 6.07) is 10.5. The summed E-state index contributed by atoms with van der Waals surface area (Å²) in [5.74, 6) is 0. The standard InChI is InChI=1S/C14H19BO2S/c1-13(2,16)14(3,4)17-15-12-9-10-7-5-6-8-11(10)18-12/h5-9,15-16H,1-4H3. The quantitative estimate of drug-likeness (QED) is 0.857. The predicted octanol–water partition coefficient (Wildman–Crippen LogP) is 2.44. The Kier molecular flexibility index (Phi) is 3.54. The second-order valence-corrected chi connectivity index (χ2v) is 6.78. The zero-order chi connectivity index (χ0) is 13.4. The van der Waals surface area contributed by atoms with Gasteiger partial charge in [0.1, 0.15) is 0 Å². The number of benzene rings is 1. The Morgan fingerprint density at radius 2 is 1.83 bits per heavy atom. The molecule has 96 valence electrons. The number of aliphatic hydroxyl groups is 1. The predicted molar refractivity (Wildman–Crippen MR) is 80.1 cm³/mol. The number of hydrogen-bond acceptors (Lipinski definition) is 3. The fourth-order valence-corrected chi connectivity index (χ4v) is 2.51. The smallest absolute Gasteiger partial charge is 0.319 e. The van der Waals surface area contributed by atoms with E-state index in [0.717, 1.165) is 0 Å². The Morgan fingerprint density at radius 1 is 1.17 bits per heavy atom. The van der Waals surface area contributed by atoms with E-state index < -0.39 is 11.2 Å². The Morgan fingerprint density at radius 3 is 2.44 bits per heavy atom. The van der Waals surface area contributed by atoms with E-state index in [1.165, 1.54) is 14.9 Å². The van der Waals surface area contributed by atoms with Crippen molar-refractivity contribution in [1.29, 1.82) is 0 Å². The zero-order valence-corrected chi connectivity index (χ0v) is 12.2. The molecule has 1 aromatic heterocycles. The van der Waals surface area contributed by atoms with Crippen molar-refractivity contribution in [2.75, 3.05) is 0 Å². The summed E-state index contributed by atoms with van der Waals surface area (Å²) in [4.78, 5) is 0. The lowest BCUT2D eigenvalue weighted by atomic mass is 9.86. The van der Waals surface area contributed by atoms with Gasteiger partial charge in [0.2, 0.25) is 0 Å². The van der Waals surface area contributed by atoms with Crippen LogP contribution in [0.15, 0.2) is 30.3 Å². The van der Waals surface area contributed by atoms with Crippen molar-refractivity contribution in [3.8, 4) is 0 Å². The summed E-state index contributed by atoms with van der Waals surface area (Å²) in [5.41, 5.74) is -1.42. The largest absolute Gasteiger partial charge is 0.426 e. The summed E-state index contributed by atoms with van der Waals surface area (Å²) in [6.07, 6.45) is 0. The second-order valence-electron chi connectivity index (χ2n) is 5.61. The lowest BCUT2D eigenvalue weighted by Gasteiger charge is -2.37. The van der Waals surface area contributed by atoms with E-state index in [9.17, 15) is 5.11 Å². The van der Waals surface area contributed by atoms with E-state index in [2.05, 4.69) is 18.2 Å². The maximum atomic E-state index is 10.0. The van der Waals surface area contributed by atoms with Crippen molar-refractivity contribution < 1.29 is 9.76 Å². The third-order valence-corrected chi connectivity index (χ3v) is 4.61. The Balaban J connectivity index is 2.11. The Hall–Kier alpha value is -0.835. The lowest BCUT2D eigenvalue weighted by Crippen LogP contribution is -2.49. The molecule has 1 heterocycles. The second kappa shape index (κ2) is 4.69. The molecule has 4 heteroatoms. The molecule has 1 aromatic carbocycles. The van der Waals surface area contributed by atoms with Gasteiger partial charge in [-0.15, -0.1) is 11.3 Å². The summed E-state index contributed by atoms with van der Waals surface area (Å²) < 4.78 is 8.33. The maximum Gasteiger partial charge on any atom is 0.319 e. The monoisotopic (exact) mass is 262 g/mol. The molecule has 18 heavy (non-hydrogen) atoms. The van der Waals surface area contributed by atoms with Crippen LogP contribution >= 0.6 is 11.3 Å². The number of rotatable bonds is 4. The molecule has 0 radical (unpaired) electrons. The van der Waals surface area contributed by atoms with Gasteiger partial charge in [-0.3, -0.25) is 0 Å². The van der Waals surface area contributed by atoms with Gasteiger partial charge in [-0.05, 0) is 45.2 Å². The van der Waals surface area contributed by atoms with Gasteiger partial charge in [0, 0.05) is 9.48 Å². The van der Waals surface area contributed by atoms with Crippen LogP contribution in [0.2, 0.25) is 0 Å². The van der Waals surface area contributed by atoms with Crippen LogP contribution < -0.4 is 4.78 Å². The molecule has 2 aromatic rings.